The maximum Gasteiger partial charge on any atom is 0.416 e. The number of nitrogens with one attached hydrogen (secondary N) is 1. The number of amidine groups is 1. The second-order valence-corrected chi connectivity index (χ2v) is 7.23. The highest BCUT2D eigenvalue weighted by atomic mass is 32.2. The summed E-state index contributed by atoms with van der Waals surface area (Å²) >= 11 is 1.31. The van der Waals surface area contributed by atoms with Gasteiger partial charge < -0.3 is 10.1 Å². The van der Waals surface area contributed by atoms with Crippen molar-refractivity contribution in [3.05, 3.63) is 35.4 Å². The molecule has 3 rings (SSSR count). The Hall–Kier alpha value is -1.54. The molecule has 2 fully saturated rings. The molecule has 4 nitrogen and oxygen atoms in total. The summed E-state index contributed by atoms with van der Waals surface area (Å²) in [6.45, 7) is 2.60. The third-order valence-electron chi connectivity index (χ3n) is 4.25. The minimum absolute atomic E-state index is 0.0975. The fraction of sp³-hybridized carbons (Fsp3) is 0.500. The number of carbonyl (C=O) groups excluding carboxylic acids is 1. The van der Waals surface area contributed by atoms with Crippen molar-refractivity contribution in [2.75, 3.05) is 13.2 Å². The third-order valence-corrected chi connectivity index (χ3v) is 5.64. The number of benzene rings is 1. The summed E-state index contributed by atoms with van der Waals surface area (Å²) in [6.07, 6.45) is -3.27. The summed E-state index contributed by atoms with van der Waals surface area (Å²) in [6, 6.07) is 4.67. The zero-order valence-corrected chi connectivity index (χ0v) is 13.8. The number of aliphatic imine (C=N–C) groups is 1. The number of thioether (sulfide) groups is 1. The standard InChI is InChI=1S/C16H17F3N2O2S/c1-10(11-4-2-3-5-12(11)16(17,18)19)20-14-21-13(22)15(24-14)6-8-23-9-7-15/h2-5,10H,6-9H2,1H3,(H,20,21,22). The molecule has 2 aliphatic heterocycles. The van der Waals surface area contributed by atoms with E-state index in [2.05, 4.69) is 10.3 Å². The quantitative estimate of drug-likeness (QED) is 0.880. The number of hydrogen-bond donors (Lipinski definition) is 1. The second-order valence-electron chi connectivity index (χ2n) is 5.86. The van der Waals surface area contributed by atoms with Crippen LogP contribution in [0.5, 0.6) is 0 Å². The van der Waals surface area contributed by atoms with Gasteiger partial charge in [-0.1, -0.05) is 30.0 Å². The number of nitrogens with zero attached hydrogens (tertiary/aromatic N) is 1. The Morgan fingerprint density at radius 3 is 2.62 bits per heavy atom. The summed E-state index contributed by atoms with van der Waals surface area (Å²) in [4.78, 5) is 16.6. The Balaban J connectivity index is 1.84. The normalized spacial score (nSPS) is 23.5. The SMILES string of the molecule is CC(N=C1NC(=O)C2(CCOCC2)S1)c1ccccc1C(F)(F)F. The van der Waals surface area contributed by atoms with Crippen molar-refractivity contribution in [3.63, 3.8) is 0 Å². The molecule has 0 aliphatic carbocycles. The van der Waals surface area contributed by atoms with Gasteiger partial charge in [-0.05, 0) is 31.4 Å². The molecule has 1 unspecified atom stereocenters. The Kier molecular flexibility index (Phi) is 4.61. The minimum atomic E-state index is -4.43. The largest absolute Gasteiger partial charge is 0.416 e. The van der Waals surface area contributed by atoms with E-state index in [0.717, 1.165) is 6.07 Å². The van der Waals surface area contributed by atoms with Gasteiger partial charge >= 0.3 is 6.18 Å². The molecule has 1 N–H and O–H groups in total. The van der Waals surface area contributed by atoms with Crippen molar-refractivity contribution < 1.29 is 22.7 Å². The summed E-state index contributed by atoms with van der Waals surface area (Å²) in [5.74, 6) is -0.133. The fourth-order valence-electron chi connectivity index (χ4n) is 2.92. The highest BCUT2D eigenvalue weighted by molar-refractivity contribution is 8.16. The van der Waals surface area contributed by atoms with Crippen LogP contribution in [0.25, 0.3) is 0 Å². The number of carbonyl (C=O) groups is 1. The maximum absolute atomic E-state index is 13.1. The lowest BCUT2D eigenvalue weighted by molar-refractivity contribution is -0.138. The predicted molar refractivity (Wildman–Crippen MR) is 85.8 cm³/mol. The second kappa shape index (κ2) is 6.40. The molecular formula is C16H17F3N2O2S. The predicted octanol–water partition coefficient (Wildman–Crippen LogP) is 3.53. The van der Waals surface area contributed by atoms with Crippen LogP contribution >= 0.6 is 11.8 Å². The Morgan fingerprint density at radius 1 is 1.29 bits per heavy atom. The number of halogens is 3. The van der Waals surface area contributed by atoms with Gasteiger partial charge in [0.25, 0.3) is 0 Å². The van der Waals surface area contributed by atoms with Gasteiger partial charge in [-0.3, -0.25) is 9.79 Å². The van der Waals surface area contributed by atoms with Crippen LogP contribution in [0.2, 0.25) is 0 Å². The van der Waals surface area contributed by atoms with Gasteiger partial charge in [0.15, 0.2) is 5.17 Å². The molecule has 0 radical (unpaired) electrons. The molecule has 8 heteroatoms. The first kappa shape index (κ1) is 17.3. The van der Waals surface area contributed by atoms with E-state index in [0.29, 0.717) is 31.2 Å². The first-order valence-corrected chi connectivity index (χ1v) is 8.46. The van der Waals surface area contributed by atoms with Gasteiger partial charge in [0, 0.05) is 13.2 Å². The van der Waals surface area contributed by atoms with E-state index >= 15 is 0 Å². The molecule has 2 saturated heterocycles. The highest BCUT2D eigenvalue weighted by Gasteiger charge is 2.47. The summed E-state index contributed by atoms with van der Waals surface area (Å²) in [5.41, 5.74) is -0.600. The molecule has 2 heterocycles. The number of rotatable bonds is 2. The first-order valence-electron chi connectivity index (χ1n) is 7.64. The average molecular weight is 358 g/mol. The van der Waals surface area contributed by atoms with Gasteiger partial charge in [0.1, 0.15) is 4.75 Å². The molecule has 0 bridgehead atoms. The van der Waals surface area contributed by atoms with Crippen LogP contribution in [-0.2, 0) is 15.7 Å². The molecule has 1 amide bonds. The van der Waals surface area contributed by atoms with Crippen molar-refractivity contribution in [1.29, 1.82) is 0 Å². The topological polar surface area (TPSA) is 50.7 Å². The summed E-state index contributed by atoms with van der Waals surface area (Å²) < 4.78 is 44.1. The monoisotopic (exact) mass is 358 g/mol. The Bertz CT molecular complexity index is 670. The van der Waals surface area contributed by atoms with E-state index in [1.54, 1.807) is 13.0 Å². The average Bonchev–Trinajstić information content (AvgIpc) is 2.82. The third kappa shape index (κ3) is 3.30. The molecule has 1 aromatic carbocycles. The lowest BCUT2D eigenvalue weighted by Crippen LogP contribution is -2.41. The van der Waals surface area contributed by atoms with Gasteiger partial charge in [-0.25, -0.2) is 0 Å². The van der Waals surface area contributed by atoms with Crippen LogP contribution in [0.15, 0.2) is 29.3 Å². The molecule has 1 atom stereocenters. The summed E-state index contributed by atoms with van der Waals surface area (Å²) in [5, 5.41) is 3.09. The van der Waals surface area contributed by atoms with E-state index in [9.17, 15) is 18.0 Å². The van der Waals surface area contributed by atoms with Crippen LogP contribution in [0, 0.1) is 0 Å². The number of amides is 1. The number of hydrogen-bond acceptors (Lipinski definition) is 4. The summed E-state index contributed by atoms with van der Waals surface area (Å²) in [7, 11) is 0. The van der Waals surface area contributed by atoms with Crippen LogP contribution in [-0.4, -0.2) is 29.0 Å². The fourth-order valence-corrected chi connectivity index (χ4v) is 4.16. The van der Waals surface area contributed by atoms with Gasteiger partial charge in [0.2, 0.25) is 5.91 Å². The zero-order chi connectivity index (χ0) is 17.4. The highest BCUT2D eigenvalue weighted by Crippen LogP contribution is 2.41. The molecule has 1 spiro atoms. The minimum Gasteiger partial charge on any atom is -0.381 e. The number of ether oxygens (including phenoxy) is 1. The van der Waals surface area contributed by atoms with Crippen LogP contribution in [0.4, 0.5) is 13.2 Å². The molecule has 2 aliphatic rings. The van der Waals surface area contributed by atoms with Gasteiger partial charge in [0.05, 0.1) is 11.6 Å². The first-order chi connectivity index (χ1) is 11.3. The molecule has 130 valence electrons. The molecule has 0 aromatic heterocycles. The van der Waals surface area contributed by atoms with Crippen molar-refractivity contribution in [2.24, 2.45) is 4.99 Å². The van der Waals surface area contributed by atoms with Crippen molar-refractivity contribution in [3.8, 4) is 0 Å². The molecule has 0 saturated carbocycles. The lowest BCUT2D eigenvalue weighted by atomic mass is 9.98. The Labute approximate surface area is 141 Å². The van der Waals surface area contributed by atoms with E-state index in [1.165, 1.54) is 23.9 Å². The van der Waals surface area contributed by atoms with E-state index in [1.807, 2.05) is 0 Å². The number of alkyl halides is 3. The van der Waals surface area contributed by atoms with Crippen LogP contribution in [0.1, 0.15) is 36.9 Å². The van der Waals surface area contributed by atoms with E-state index in [-0.39, 0.29) is 11.5 Å². The van der Waals surface area contributed by atoms with Crippen LogP contribution < -0.4 is 5.32 Å². The van der Waals surface area contributed by atoms with Crippen molar-refractivity contribution in [1.82, 2.24) is 5.32 Å². The zero-order valence-electron chi connectivity index (χ0n) is 13.0. The van der Waals surface area contributed by atoms with Crippen molar-refractivity contribution in [2.45, 2.75) is 36.7 Å². The van der Waals surface area contributed by atoms with Gasteiger partial charge in [-0.15, -0.1) is 0 Å². The molecule has 1 aromatic rings. The smallest absolute Gasteiger partial charge is 0.381 e. The molecule has 24 heavy (non-hydrogen) atoms. The molecular weight excluding hydrogens is 341 g/mol. The van der Waals surface area contributed by atoms with E-state index in [4.69, 9.17) is 4.74 Å². The lowest BCUT2D eigenvalue weighted by Gasteiger charge is -2.28. The van der Waals surface area contributed by atoms with Crippen molar-refractivity contribution >= 4 is 22.8 Å². The van der Waals surface area contributed by atoms with Crippen LogP contribution in [0.3, 0.4) is 0 Å². The van der Waals surface area contributed by atoms with E-state index < -0.39 is 22.5 Å². The maximum atomic E-state index is 13.1. The van der Waals surface area contributed by atoms with Gasteiger partial charge in [-0.2, -0.15) is 13.2 Å². The Morgan fingerprint density at radius 2 is 1.96 bits per heavy atom.